The lowest BCUT2D eigenvalue weighted by molar-refractivity contribution is -0.225. The highest BCUT2D eigenvalue weighted by Gasteiger charge is 2.51. The molecule has 0 aliphatic carbocycles. The van der Waals surface area contributed by atoms with Crippen LogP contribution in [0, 0.1) is 29.1 Å². The number of nitrogens with zero attached hydrogens (tertiary/aromatic N) is 3. The van der Waals surface area contributed by atoms with E-state index in [2.05, 4.69) is 10.3 Å². The van der Waals surface area contributed by atoms with Crippen molar-refractivity contribution in [3.63, 3.8) is 0 Å². The Morgan fingerprint density at radius 2 is 1.46 bits per heavy atom. The predicted octanol–water partition coefficient (Wildman–Crippen LogP) is 0.485. The van der Waals surface area contributed by atoms with Crippen LogP contribution in [0.2, 0.25) is 0 Å². The molecule has 0 spiro atoms. The fourth-order valence-electron chi connectivity index (χ4n) is 5.70. The van der Waals surface area contributed by atoms with Gasteiger partial charge in [0.15, 0.2) is 29.1 Å². The molecule has 10 atom stereocenters. The van der Waals surface area contributed by atoms with Crippen LogP contribution in [-0.2, 0) is 20.8 Å². The zero-order valence-electron chi connectivity index (χ0n) is 25.2. The third-order valence-corrected chi connectivity index (χ3v) is 9.66. The molecule has 2 fully saturated rings. The van der Waals surface area contributed by atoms with E-state index in [1.165, 1.54) is 0 Å². The molecule has 270 valence electrons. The largest absolute Gasteiger partial charge is 0.422 e. The van der Waals surface area contributed by atoms with Crippen LogP contribution in [0.25, 0.3) is 22.2 Å². The summed E-state index contributed by atoms with van der Waals surface area (Å²) in [6.45, 7) is -2.26. The van der Waals surface area contributed by atoms with Gasteiger partial charge < -0.3 is 49.3 Å². The smallest absolute Gasteiger partial charge is 0.341 e. The average molecular weight is 734 g/mol. The average Bonchev–Trinajstić information content (AvgIpc) is 3.57. The standard InChI is InChI=1S/C30H28F5N3O11S/c31-13-1-2-17-12(20(13)34)3-11(28(45)47-17)9-46-27-24(42)19(8-40)49-30(26(27)44)50-29-25(43)22(23(41)18(7-39)48-29)38-6-16(36-37-38)10-4-14(32)21(35)15(33)5-10/h1-6,18-19,22-27,29-30,39-44H,7-9H2/t18?,19-,22?,23+,24?,25+,26-,27?,29+,30?/m1/s1. The third kappa shape index (κ3) is 6.75. The topological polar surface area (TPSA) is 210 Å². The first-order valence-electron chi connectivity index (χ1n) is 14.8. The first kappa shape index (κ1) is 36.2. The van der Waals surface area contributed by atoms with Gasteiger partial charge in [0.2, 0.25) is 0 Å². The van der Waals surface area contributed by atoms with Crippen LogP contribution >= 0.6 is 11.8 Å². The highest BCUT2D eigenvalue weighted by Crippen LogP contribution is 2.40. The fraction of sp³-hybridized carbons (Fsp3) is 0.433. The Morgan fingerprint density at radius 1 is 0.820 bits per heavy atom. The second-order valence-corrected chi connectivity index (χ2v) is 12.7. The first-order chi connectivity index (χ1) is 23.8. The molecule has 4 heterocycles. The first-order valence-corrected chi connectivity index (χ1v) is 15.8. The molecule has 0 saturated carbocycles. The van der Waals surface area contributed by atoms with Crippen molar-refractivity contribution >= 4 is 22.7 Å². The second-order valence-electron chi connectivity index (χ2n) is 11.5. The van der Waals surface area contributed by atoms with E-state index >= 15 is 0 Å². The minimum atomic E-state index is -1.77. The van der Waals surface area contributed by atoms with Gasteiger partial charge in [-0.25, -0.2) is 31.4 Å². The van der Waals surface area contributed by atoms with E-state index in [1.807, 2.05) is 0 Å². The monoisotopic (exact) mass is 733 g/mol. The maximum absolute atomic E-state index is 14.3. The van der Waals surface area contributed by atoms with Gasteiger partial charge in [0.1, 0.15) is 70.9 Å². The molecule has 50 heavy (non-hydrogen) atoms. The molecule has 2 aliphatic rings. The Labute approximate surface area is 281 Å². The summed E-state index contributed by atoms with van der Waals surface area (Å²) in [4.78, 5) is 12.5. The Hall–Kier alpha value is -3.57. The van der Waals surface area contributed by atoms with Crippen molar-refractivity contribution in [3.8, 4) is 11.3 Å². The summed E-state index contributed by atoms with van der Waals surface area (Å²) < 4.78 is 92.2. The SMILES string of the molecule is O=c1oc2ccc(F)c(F)c2cc1COC1C(O)[C@@H](CO)OC(S[C@@H]2OC(CO)[C@H](O)C(n3cc(-c4cc(F)c(F)c(F)c4)nn3)[C@@H]2O)[C@@H]1O. The molecule has 0 bridgehead atoms. The minimum Gasteiger partial charge on any atom is -0.422 e. The summed E-state index contributed by atoms with van der Waals surface area (Å²) in [5.74, 6) is -7.19. The van der Waals surface area contributed by atoms with E-state index in [0.29, 0.717) is 23.9 Å². The number of thioether (sulfide) groups is 1. The molecule has 2 aromatic heterocycles. The van der Waals surface area contributed by atoms with Gasteiger partial charge in [-0.1, -0.05) is 17.0 Å². The van der Waals surface area contributed by atoms with Crippen molar-refractivity contribution in [3.05, 3.63) is 81.6 Å². The van der Waals surface area contributed by atoms with Crippen molar-refractivity contribution < 1.29 is 71.2 Å². The molecular weight excluding hydrogens is 705 g/mol. The van der Waals surface area contributed by atoms with Crippen LogP contribution in [0.3, 0.4) is 0 Å². The van der Waals surface area contributed by atoms with Crippen LogP contribution in [-0.4, -0.2) is 112 Å². The van der Waals surface area contributed by atoms with E-state index < -0.39 is 114 Å². The number of benzene rings is 2. The third-order valence-electron chi connectivity index (χ3n) is 8.34. The van der Waals surface area contributed by atoms with Gasteiger partial charge in [-0.2, -0.15) is 0 Å². The zero-order chi connectivity index (χ0) is 36.0. The van der Waals surface area contributed by atoms with Gasteiger partial charge in [-0.15, -0.1) is 5.10 Å². The number of rotatable bonds is 9. The van der Waals surface area contributed by atoms with E-state index in [1.54, 1.807) is 0 Å². The predicted molar refractivity (Wildman–Crippen MR) is 158 cm³/mol. The lowest BCUT2D eigenvalue weighted by Crippen LogP contribution is -2.60. The second kappa shape index (κ2) is 14.6. The zero-order valence-corrected chi connectivity index (χ0v) is 26.0. The van der Waals surface area contributed by atoms with Gasteiger partial charge in [-0.3, -0.25) is 0 Å². The quantitative estimate of drug-likeness (QED) is 0.0786. The van der Waals surface area contributed by atoms with Gasteiger partial charge in [-0.05, 0) is 30.3 Å². The van der Waals surface area contributed by atoms with Crippen LogP contribution in [0.15, 0.2) is 45.7 Å². The van der Waals surface area contributed by atoms with Crippen LogP contribution in [0.1, 0.15) is 11.6 Å². The molecular formula is C30H28F5N3O11S. The van der Waals surface area contributed by atoms with E-state index in [4.69, 9.17) is 18.6 Å². The molecule has 6 rings (SSSR count). The molecule has 20 heteroatoms. The Kier molecular flexibility index (Phi) is 10.6. The summed E-state index contributed by atoms with van der Waals surface area (Å²) in [5, 5.41) is 71.3. The molecule has 14 nitrogen and oxygen atoms in total. The van der Waals surface area contributed by atoms with Gasteiger partial charge in [0.25, 0.3) is 0 Å². The summed E-state index contributed by atoms with van der Waals surface area (Å²) in [6.07, 6.45) is -10.1. The summed E-state index contributed by atoms with van der Waals surface area (Å²) in [6, 6.07) is 2.71. The maximum atomic E-state index is 14.3. The Morgan fingerprint density at radius 3 is 2.12 bits per heavy atom. The highest BCUT2D eigenvalue weighted by atomic mass is 32.2. The minimum absolute atomic E-state index is 0.169. The number of halogens is 5. The Balaban J connectivity index is 1.22. The molecule has 4 aromatic rings. The summed E-state index contributed by atoms with van der Waals surface area (Å²) >= 11 is 0.598. The van der Waals surface area contributed by atoms with E-state index in [9.17, 15) is 57.4 Å². The van der Waals surface area contributed by atoms with Gasteiger partial charge in [0, 0.05) is 5.56 Å². The number of aliphatic hydroxyl groups is 6. The Bertz CT molecular complexity index is 1900. The maximum Gasteiger partial charge on any atom is 0.341 e. The van der Waals surface area contributed by atoms with Crippen molar-refractivity contribution in [1.82, 2.24) is 15.0 Å². The van der Waals surface area contributed by atoms with E-state index in [0.717, 1.165) is 29.1 Å². The van der Waals surface area contributed by atoms with Crippen molar-refractivity contribution in [2.45, 2.75) is 66.2 Å². The molecule has 5 unspecified atom stereocenters. The van der Waals surface area contributed by atoms with Crippen LogP contribution in [0.4, 0.5) is 22.0 Å². The highest BCUT2D eigenvalue weighted by molar-refractivity contribution is 8.00. The van der Waals surface area contributed by atoms with Crippen molar-refractivity contribution in [2.75, 3.05) is 13.2 Å². The number of ether oxygens (including phenoxy) is 3. The number of aliphatic hydroxyl groups excluding tert-OH is 6. The summed E-state index contributed by atoms with van der Waals surface area (Å²) in [7, 11) is 0. The van der Waals surface area contributed by atoms with Gasteiger partial charge in [0.05, 0.1) is 37.0 Å². The number of aromatic nitrogens is 3. The van der Waals surface area contributed by atoms with E-state index in [-0.39, 0.29) is 27.8 Å². The molecule has 0 radical (unpaired) electrons. The van der Waals surface area contributed by atoms with Crippen molar-refractivity contribution in [2.24, 2.45) is 0 Å². The molecule has 6 N–H and O–H groups in total. The summed E-state index contributed by atoms with van der Waals surface area (Å²) in [5.41, 5.74) is -4.79. The van der Waals surface area contributed by atoms with Gasteiger partial charge >= 0.3 is 5.63 Å². The number of hydrogen-bond donors (Lipinski definition) is 6. The van der Waals surface area contributed by atoms with Crippen LogP contribution in [0.5, 0.6) is 0 Å². The van der Waals surface area contributed by atoms with Crippen molar-refractivity contribution in [1.29, 1.82) is 0 Å². The molecule has 2 aliphatic heterocycles. The number of hydrogen-bond acceptors (Lipinski definition) is 14. The number of fused-ring (bicyclic) bond motifs is 1. The normalized spacial score (nSPS) is 30.2. The molecule has 0 amide bonds. The van der Waals surface area contributed by atoms with Crippen LogP contribution < -0.4 is 5.63 Å². The fourth-order valence-corrected chi connectivity index (χ4v) is 7.02. The molecule has 2 saturated heterocycles. The lowest BCUT2D eigenvalue weighted by atomic mass is 9.97. The lowest BCUT2D eigenvalue weighted by Gasteiger charge is -2.46. The molecule has 2 aromatic carbocycles.